The van der Waals surface area contributed by atoms with Gasteiger partial charge in [0.1, 0.15) is 11.6 Å². The Labute approximate surface area is 160 Å². The summed E-state index contributed by atoms with van der Waals surface area (Å²) < 4.78 is 7.06. The zero-order chi connectivity index (χ0) is 19.1. The van der Waals surface area contributed by atoms with Gasteiger partial charge in [0, 0.05) is 24.3 Å². The van der Waals surface area contributed by atoms with Gasteiger partial charge in [-0.15, -0.1) is 11.8 Å². The normalized spacial score (nSPS) is 10.4. The van der Waals surface area contributed by atoms with E-state index in [1.54, 1.807) is 61.3 Å². The molecule has 2 heterocycles. The van der Waals surface area contributed by atoms with E-state index in [2.05, 4.69) is 15.3 Å². The molecule has 2 aromatic heterocycles. The van der Waals surface area contributed by atoms with Crippen LogP contribution in [0, 0.1) is 0 Å². The third kappa shape index (κ3) is 4.95. The predicted octanol–water partition coefficient (Wildman–Crippen LogP) is 3.11. The Bertz CT molecular complexity index is 911. The quantitative estimate of drug-likeness (QED) is 0.499. The average Bonchev–Trinajstić information content (AvgIpc) is 3.22. The molecule has 0 aliphatic carbocycles. The molecule has 27 heavy (non-hydrogen) atoms. The van der Waals surface area contributed by atoms with Gasteiger partial charge < -0.3 is 14.6 Å². The van der Waals surface area contributed by atoms with E-state index in [9.17, 15) is 9.59 Å². The summed E-state index contributed by atoms with van der Waals surface area (Å²) in [6.07, 6.45) is 8.65. The van der Waals surface area contributed by atoms with Gasteiger partial charge in [0.05, 0.1) is 24.0 Å². The van der Waals surface area contributed by atoms with Crippen LogP contribution in [0.2, 0.25) is 0 Å². The van der Waals surface area contributed by atoms with Crippen molar-refractivity contribution in [3.8, 4) is 0 Å². The number of thioether (sulfide) groups is 1. The van der Waals surface area contributed by atoms with Gasteiger partial charge in [-0.05, 0) is 42.7 Å². The number of benzene rings is 1. The predicted molar refractivity (Wildman–Crippen MR) is 103 cm³/mol. The van der Waals surface area contributed by atoms with Crippen molar-refractivity contribution in [2.45, 2.75) is 11.6 Å². The van der Waals surface area contributed by atoms with Crippen molar-refractivity contribution < 1.29 is 14.3 Å². The monoisotopic (exact) mass is 382 g/mol. The minimum Gasteiger partial charge on any atom is -0.460 e. The summed E-state index contributed by atoms with van der Waals surface area (Å²) in [5.74, 6) is -0.659. The fourth-order valence-corrected chi connectivity index (χ4v) is 2.91. The highest BCUT2D eigenvalue weighted by Gasteiger charge is 2.12. The molecule has 7 nitrogen and oxygen atoms in total. The van der Waals surface area contributed by atoms with E-state index in [1.807, 2.05) is 10.8 Å². The minimum absolute atomic E-state index is 0.247. The molecular formula is C19H18N4O3S. The molecule has 0 aliphatic rings. The lowest BCUT2D eigenvalue weighted by Gasteiger charge is -2.09. The van der Waals surface area contributed by atoms with Gasteiger partial charge in [-0.1, -0.05) is 0 Å². The van der Waals surface area contributed by atoms with Gasteiger partial charge in [-0.25, -0.2) is 14.8 Å². The molecule has 0 bridgehead atoms. The Kier molecular flexibility index (Phi) is 6.22. The van der Waals surface area contributed by atoms with Gasteiger partial charge in [0.2, 0.25) is 0 Å². The Morgan fingerprint density at radius 2 is 2.00 bits per heavy atom. The third-order valence-electron chi connectivity index (χ3n) is 3.73. The molecule has 0 saturated heterocycles. The number of ether oxygens (including phenoxy) is 1. The molecule has 1 N–H and O–H groups in total. The molecule has 138 valence electrons. The number of imidazole rings is 1. The van der Waals surface area contributed by atoms with Crippen LogP contribution in [0.25, 0.3) is 0 Å². The van der Waals surface area contributed by atoms with Crippen LogP contribution < -0.4 is 5.32 Å². The number of hydrogen-bond acceptors (Lipinski definition) is 6. The summed E-state index contributed by atoms with van der Waals surface area (Å²) in [6.45, 7) is 0.801. The largest absolute Gasteiger partial charge is 0.460 e. The van der Waals surface area contributed by atoms with Crippen LogP contribution in [0.4, 0.5) is 5.69 Å². The van der Waals surface area contributed by atoms with E-state index < -0.39 is 5.97 Å². The fraction of sp³-hybridized carbons (Fsp3) is 0.158. The Morgan fingerprint density at radius 1 is 1.19 bits per heavy atom. The second-order valence-electron chi connectivity index (χ2n) is 5.53. The second kappa shape index (κ2) is 9.00. The molecule has 0 unspecified atom stereocenters. The molecule has 0 atom stereocenters. The molecule has 3 rings (SSSR count). The topological polar surface area (TPSA) is 86.1 Å². The number of nitrogens with one attached hydrogen (secondary N) is 1. The molecule has 0 aliphatic heterocycles. The molecule has 0 radical (unpaired) electrons. The van der Waals surface area contributed by atoms with E-state index in [1.165, 1.54) is 11.8 Å². The van der Waals surface area contributed by atoms with Crippen LogP contribution >= 0.6 is 11.8 Å². The van der Waals surface area contributed by atoms with Gasteiger partial charge in [0.15, 0.2) is 0 Å². The van der Waals surface area contributed by atoms with Crippen molar-refractivity contribution in [1.29, 1.82) is 0 Å². The van der Waals surface area contributed by atoms with Crippen LogP contribution in [0.3, 0.4) is 0 Å². The number of carbonyl (C=O) groups excluding carboxylic acids is 2. The molecule has 1 amide bonds. The van der Waals surface area contributed by atoms with Crippen molar-refractivity contribution in [2.24, 2.45) is 0 Å². The summed E-state index contributed by atoms with van der Waals surface area (Å²) in [7, 11) is 0. The second-order valence-corrected chi connectivity index (χ2v) is 6.32. The standard InChI is InChI=1S/C19H18N4O3S/c1-27-18-16(3-2-8-21-18)17(24)22-15-6-4-14(5-7-15)19(25)26-12-11-23-10-9-20-13-23/h2-10,13H,11-12H2,1H3,(H,22,24). The molecule has 1 aromatic carbocycles. The number of aromatic nitrogens is 3. The number of amides is 1. The van der Waals surface area contributed by atoms with Crippen molar-refractivity contribution in [1.82, 2.24) is 14.5 Å². The van der Waals surface area contributed by atoms with E-state index in [4.69, 9.17) is 4.74 Å². The van der Waals surface area contributed by atoms with E-state index in [0.717, 1.165) is 0 Å². The number of carbonyl (C=O) groups is 2. The van der Waals surface area contributed by atoms with Crippen LogP contribution in [0.15, 0.2) is 66.3 Å². The number of pyridine rings is 1. The number of esters is 1. The molecule has 0 fully saturated rings. The zero-order valence-corrected chi connectivity index (χ0v) is 15.5. The van der Waals surface area contributed by atoms with Gasteiger partial charge >= 0.3 is 5.97 Å². The van der Waals surface area contributed by atoms with Crippen LogP contribution in [0.5, 0.6) is 0 Å². The first-order valence-electron chi connectivity index (χ1n) is 8.20. The number of hydrogen-bond donors (Lipinski definition) is 1. The summed E-state index contributed by atoms with van der Waals surface area (Å²) in [4.78, 5) is 32.6. The summed E-state index contributed by atoms with van der Waals surface area (Å²) in [5.41, 5.74) is 1.52. The zero-order valence-electron chi connectivity index (χ0n) is 14.7. The van der Waals surface area contributed by atoms with Gasteiger partial charge in [-0.2, -0.15) is 0 Å². The van der Waals surface area contributed by atoms with Crippen LogP contribution in [0.1, 0.15) is 20.7 Å². The average molecular weight is 382 g/mol. The van der Waals surface area contributed by atoms with Crippen molar-refractivity contribution in [3.63, 3.8) is 0 Å². The highest BCUT2D eigenvalue weighted by atomic mass is 32.2. The number of rotatable bonds is 7. The number of anilines is 1. The van der Waals surface area contributed by atoms with Gasteiger partial charge in [-0.3, -0.25) is 4.79 Å². The highest BCUT2D eigenvalue weighted by molar-refractivity contribution is 7.98. The lowest BCUT2D eigenvalue weighted by molar-refractivity contribution is 0.0491. The van der Waals surface area contributed by atoms with Gasteiger partial charge in [0.25, 0.3) is 5.91 Å². The van der Waals surface area contributed by atoms with Crippen molar-refractivity contribution in [2.75, 3.05) is 18.2 Å². The highest BCUT2D eigenvalue weighted by Crippen LogP contribution is 2.19. The van der Waals surface area contributed by atoms with Crippen molar-refractivity contribution in [3.05, 3.63) is 72.4 Å². The lowest BCUT2D eigenvalue weighted by Crippen LogP contribution is -2.14. The smallest absolute Gasteiger partial charge is 0.338 e. The maximum atomic E-state index is 12.4. The number of nitrogens with zero attached hydrogens (tertiary/aromatic N) is 3. The third-order valence-corrected chi connectivity index (χ3v) is 4.44. The first kappa shape index (κ1) is 18.7. The van der Waals surface area contributed by atoms with E-state index >= 15 is 0 Å². The molecular weight excluding hydrogens is 364 g/mol. The SMILES string of the molecule is CSc1ncccc1C(=O)Nc1ccc(C(=O)OCCn2ccnc2)cc1. The lowest BCUT2D eigenvalue weighted by atomic mass is 10.2. The Balaban J connectivity index is 1.56. The fourth-order valence-electron chi connectivity index (χ4n) is 2.36. The van der Waals surface area contributed by atoms with E-state index in [-0.39, 0.29) is 12.5 Å². The molecule has 8 heteroatoms. The maximum Gasteiger partial charge on any atom is 0.338 e. The Morgan fingerprint density at radius 3 is 2.70 bits per heavy atom. The van der Waals surface area contributed by atoms with Crippen molar-refractivity contribution >= 4 is 29.3 Å². The van der Waals surface area contributed by atoms with E-state index in [0.29, 0.717) is 28.4 Å². The van der Waals surface area contributed by atoms with Crippen LogP contribution in [-0.4, -0.2) is 39.3 Å². The summed E-state index contributed by atoms with van der Waals surface area (Å²) >= 11 is 1.41. The molecule has 0 spiro atoms. The summed E-state index contributed by atoms with van der Waals surface area (Å²) in [5, 5.41) is 3.47. The minimum atomic E-state index is -0.412. The molecule has 0 saturated carbocycles. The maximum absolute atomic E-state index is 12.4. The first-order valence-corrected chi connectivity index (χ1v) is 9.43. The molecule has 3 aromatic rings. The first-order chi connectivity index (χ1) is 13.2. The summed E-state index contributed by atoms with van der Waals surface area (Å²) in [6, 6.07) is 10.0. The Hall–Kier alpha value is -3.13. The van der Waals surface area contributed by atoms with Crippen LogP contribution in [-0.2, 0) is 11.3 Å².